The summed E-state index contributed by atoms with van der Waals surface area (Å²) >= 11 is 0. The number of hydrogen-bond acceptors (Lipinski definition) is 5. The van der Waals surface area contributed by atoms with Gasteiger partial charge in [0.15, 0.2) is 0 Å². The Kier molecular flexibility index (Phi) is 4.03. The number of fused-ring (bicyclic) bond motifs is 2. The van der Waals surface area contributed by atoms with Gasteiger partial charge in [-0.1, -0.05) is 24.3 Å². The van der Waals surface area contributed by atoms with Crippen molar-refractivity contribution in [3.8, 4) is 0 Å². The van der Waals surface area contributed by atoms with Crippen LogP contribution in [0.1, 0.15) is 17.9 Å². The summed E-state index contributed by atoms with van der Waals surface area (Å²) in [6.45, 7) is 0. The van der Waals surface area contributed by atoms with Crippen molar-refractivity contribution in [3.63, 3.8) is 0 Å². The van der Waals surface area contributed by atoms with Crippen molar-refractivity contribution < 1.29 is 14.0 Å². The van der Waals surface area contributed by atoms with Gasteiger partial charge in [0, 0.05) is 6.42 Å². The van der Waals surface area contributed by atoms with E-state index in [1.54, 1.807) is 30.3 Å². The van der Waals surface area contributed by atoms with E-state index < -0.39 is 23.5 Å². The van der Waals surface area contributed by atoms with Crippen LogP contribution >= 0.6 is 0 Å². The molecule has 0 spiro atoms. The summed E-state index contributed by atoms with van der Waals surface area (Å²) in [4.78, 5) is 42.9. The molecule has 0 saturated heterocycles. The number of benzene rings is 2. The average Bonchev–Trinajstić information content (AvgIpc) is 2.97. The highest BCUT2D eigenvalue weighted by molar-refractivity contribution is 6.05. The molecule has 27 heavy (non-hydrogen) atoms. The number of nitrogens with one attached hydrogen (secondary N) is 4. The maximum absolute atomic E-state index is 13.7. The lowest BCUT2D eigenvalue weighted by atomic mass is 9.97. The van der Waals surface area contributed by atoms with E-state index in [0.717, 1.165) is 0 Å². The van der Waals surface area contributed by atoms with Crippen LogP contribution in [0.3, 0.4) is 0 Å². The standard InChI is InChI=1S/C18H14FN5O3/c19-12-6-3-5-9-11(17(27)21-15(9)12)8-14(25)23-24-18-20-13-7-2-1-4-10(13)16(26)22-18/h1-7,11H,8H2,(H,21,27)(H,23,25)(H2,20,22,24,26). The third-order valence-electron chi connectivity index (χ3n) is 4.31. The summed E-state index contributed by atoms with van der Waals surface area (Å²) in [5.41, 5.74) is 5.58. The van der Waals surface area contributed by atoms with Crippen molar-refractivity contribution in [2.45, 2.75) is 12.3 Å². The third kappa shape index (κ3) is 3.10. The van der Waals surface area contributed by atoms with Gasteiger partial charge in [-0.05, 0) is 23.8 Å². The molecule has 1 atom stereocenters. The first-order valence-corrected chi connectivity index (χ1v) is 8.16. The van der Waals surface area contributed by atoms with Crippen LogP contribution in [-0.4, -0.2) is 21.8 Å². The van der Waals surface area contributed by atoms with Gasteiger partial charge in [-0.25, -0.2) is 9.37 Å². The van der Waals surface area contributed by atoms with Crippen molar-refractivity contribution >= 4 is 34.4 Å². The van der Waals surface area contributed by atoms with E-state index in [1.165, 1.54) is 12.1 Å². The smallest absolute Gasteiger partial charge is 0.260 e. The summed E-state index contributed by atoms with van der Waals surface area (Å²) < 4.78 is 13.7. The zero-order valence-corrected chi connectivity index (χ0v) is 13.9. The Balaban J connectivity index is 1.46. The number of aromatic nitrogens is 2. The number of hydrazine groups is 1. The number of carbonyl (C=O) groups excluding carboxylic acids is 2. The van der Waals surface area contributed by atoms with Crippen LogP contribution in [0.5, 0.6) is 0 Å². The number of amides is 2. The van der Waals surface area contributed by atoms with E-state index in [0.29, 0.717) is 16.5 Å². The van der Waals surface area contributed by atoms with E-state index in [1.807, 2.05) is 0 Å². The fraction of sp³-hybridized carbons (Fsp3) is 0.111. The minimum absolute atomic E-state index is 0.0642. The number of nitrogens with zero attached hydrogens (tertiary/aromatic N) is 1. The van der Waals surface area contributed by atoms with Gasteiger partial charge in [0.2, 0.25) is 17.8 Å². The summed E-state index contributed by atoms with van der Waals surface area (Å²) in [6, 6.07) is 11.1. The molecule has 1 unspecified atom stereocenters. The molecule has 3 aromatic rings. The predicted octanol–water partition coefficient (Wildman–Crippen LogP) is 1.63. The molecule has 2 aromatic carbocycles. The number of anilines is 2. The number of H-pyrrole nitrogens is 1. The molecule has 1 aromatic heterocycles. The Morgan fingerprint density at radius 1 is 1.15 bits per heavy atom. The lowest BCUT2D eigenvalue weighted by Crippen LogP contribution is -2.33. The Morgan fingerprint density at radius 2 is 1.96 bits per heavy atom. The Morgan fingerprint density at radius 3 is 2.81 bits per heavy atom. The molecule has 4 rings (SSSR count). The van der Waals surface area contributed by atoms with Crippen LogP contribution in [0, 0.1) is 5.82 Å². The van der Waals surface area contributed by atoms with Crippen LogP contribution in [-0.2, 0) is 9.59 Å². The Bertz CT molecular complexity index is 1130. The lowest BCUT2D eigenvalue weighted by molar-refractivity contribution is -0.124. The Labute approximate surface area is 151 Å². The molecule has 9 heteroatoms. The zero-order chi connectivity index (χ0) is 19.0. The van der Waals surface area contributed by atoms with Crippen molar-refractivity contribution in [2.75, 3.05) is 10.7 Å². The molecular weight excluding hydrogens is 353 g/mol. The highest BCUT2D eigenvalue weighted by Gasteiger charge is 2.33. The summed E-state index contributed by atoms with van der Waals surface area (Å²) in [5, 5.41) is 2.87. The fourth-order valence-electron chi connectivity index (χ4n) is 3.03. The van der Waals surface area contributed by atoms with E-state index >= 15 is 0 Å². The molecule has 0 fully saturated rings. The predicted molar refractivity (Wildman–Crippen MR) is 96.5 cm³/mol. The minimum atomic E-state index is -0.791. The summed E-state index contributed by atoms with van der Waals surface area (Å²) in [6.07, 6.45) is -0.187. The van der Waals surface area contributed by atoms with Gasteiger partial charge >= 0.3 is 0 Å². The topological polar surface area (TPSA) is 116 Å². The van der Waals surface area contributed by atoms with Crippen molar-refractivity contribution in [1.29, 1.82) is 0 Å². The molecule has 8 nitrogen and oxygen atoms in total. The van der Waals surface area contributed by atoms with Crippen LogP contribution in [0.2, 0.25) is 0 Å². The van der Waals surface area contributed by atoms with E-state index in [9.17, 15) is 18.8 Å². The molecule has 4 N–H and O–H groups in total. The van der Waals surface area contributed by atoms with E-state index in [4.69, 9.17) is 0 Å². The third-order valence-corrected chi connectivity index (χ3v) is 4.31. The number of aromatic amines is 1. The Hall–Kier alpha value is -3.75. The first-order chi connectivity index (χ1) is 13.0. The van der Waals surface area contributed by atoms with Crippen LogP contribution in [0.4, 0.5) is 16.0 Å². The minimum Gasteiger partial charge on any atom is -0.323 e. The molecule has 1 aliphatic rings. The average molecular weight is 367 g/mol. The van der Waals surface area contributed by atoms with Crippen LogP contribution < -0.4 is 21.7 Å². The van der Waals surface area contributed by atoms with Crippen LogP contribution in [0.25, 0.3) is 10.9 Å². The number of hydrogen-bond donors (Lipinski definition) is 4. The summed E-state index contributed by atoms with van der Waals surface area (Å²) in [7, 11) is 0. The van der Waals surface area contributed by atoms with Crippen molar-refractivity contribution in [3.05, 3.63) is 64.2 Å². The second-order valence-corrected chi connectivity index (χ2v) is 6.05. The van der Waals surface area contributed by atoms with Gasteiger partial charge in [0.1, 0.15) is 5.82 Å². The van der Waals surface area contributed by atoms with Gasteiger partial charge in [-0.15, -0.1) is 0 Å². The van der Waals surface area contributed by atoms with Crippen molar-refractivity contribution in [2.24, 2.45) is 0 Å². The fourth-order valence-corrected chi connectivity index (χ4v) is 3.03. The first kappa shape index (κ1) is 16.7. The van der Waals surface area contributed by atoms with Gasteiger partial charge in [0.05, 0.1) is 22.5 Å². The second kappa shape index (κ2) is 6.52. The first-order valence-electron chi connectivity index (χ1n) is 8.16. The molecule has 0 aliphatic carbocycles. The lowest BCUT2D eigenvalue weighted by Gasteiger charge is -2.11. The molecule has 0 radical (unpaired) electrons. The van der Waals surface area contributed by atoms with Gasteiger partial charge in [0.25, 0.3) is 5.56 Å². The van der Waals surface area contributed by atoms with Gasteiger partial charge < -0.3 is 5.32 Å². The summed E-state index contributed by atoms with van der Waals surface area (Å²) in [5.74, 6) is -2.22. The van der Waals surface area contributed by atoms with Crippen LogP contribution in [0.15, 0.2) is 47.3 Å². The second-order valence-electron chi connectivity index (χ2n) is 6.05. The normalized spacial score (nSPS) is 15.3. The maximum atomic E-state index is 13.7. The SMILES string of the molecule is O=C(CC1C(=O)Nc2c(F)cccc21)NNc1nc2ccccc2c(=O)[nH]1. The van der Waals surface area contributed by atoms with E-state index in [2.05, 4.69) is 26.1 Å². The molecular formula is C18H14FN5O3. The quantitative estimate of drug-likeness (QED) is 0.523. The van der Waals surface area contributed by atoms with Crippen molar-refractivity contribution in [1.82, 2.24) is 15.4 Å². The van der Waals surface area contributed by atoms with Gasteiger partial charge in [-0.3, -0.25) is 30.2 Å². The zero-order valence-electron chi connectivity index (χ0n) is 13.9. The van der Waals surface area contributed by atoms with Gasteiger partial charge in [-0.2, -0.15) is 0 Å². The molecule has 136 valence electrons. The molecule has 2 amide bonds. The van der Waals surface area contributed by atoms with E-state index in [-0.39, 0.29) is 23.6 Å². The number of halogens is 1. The molecule has 2 heterocycles. The number of carbonyl (C=O) groups is 2. The molecule has 0 saturated carbocycles. The maximum Gasteiger partial charge on any atom is 0.260 e. The number of rotatable bonds is 4. The monoisotopic (exact) mass is 367 g/mol. The molecule has 0 bridgehead atoms. The highest BCUT2D eigenvalue weighted by atomic mass is 19.1. The largest absolute Gasteiger partial charge is 0.323 e. The molecule has 1 aliphatic heterocycles. The number of para-hydroxylation sites is 2. The highest BCUT2D eigenvalue weighted by Crippen LogP contribution is 2.36.